The monoisotopic (exact) mass is 172 g/mol. The van der Waals surface area contributed by atoms with Gasteiger partial charge < -0.3 is 0 Å². The molecule has 0 radical (unpaired) electrons. The van der Waals surface area contributed by atoms with E-state index in [-0.39, 0.29) is 11.7 Å². The van der Waals surface area contributed by atoms with Crippen LogP contribution in [0.3, 0.4) is 0 Å². The second-order valence-corrected chi connectivity index (χ2v) is 3.58. The summed E-state index contributed by atoms with van der Waals surface area (Å²) in [4.78, 5) is 0. The lowest BCUT2D eigenvalue weighted by atomic mass is 9.87. The minimum atomic E-state index is -0.127. The van der Waals surface area contributed by atoms with Gasteiger partial charge in [0.15, 0.2) is 0 Å². The second kappa shape index (κ2) is 6.22. The van der Waals surface area contributed by atoms with Crippen molar-refractivity contribution in [3.8, 4) is 0 Å². The molecule has 0 aliphatic rings. The molecule has 0 heterocycles. The Morgan fingerprint density at radius 2 is 2.00 bits per heavy atom. The maximum atomic E-state index is 12.9. The largest absolute Gasteiger partial charge is 0.212 e. The molecule has 0 bridgehead atoms. The zero-order valence-electron chi connectivity index (χ0n) is 8.57. The summed E-state index contributed by atoms with van der Waals surface area (Å²) < 4.78 is 12.9. The Bertz CT molecular complexity index is 129. The van der Waals surface area contributed by atoms with E-state index in [2.05, 4.69) is 27.4 Å². The van der Waals surface area contributed by atoms with Crippen LogP contribution in [-0.2, 0) is 0 Å². The van der Waals surface area contributed by atoms with Crippen molar-refractivity contribution >= 4 is 0 Å². The molecule has 72 valence electrons. The lowest BCUT2D eigenvalue weighted by Gasteiger charge is -2.20. The zero-order chi connectivity index (χ0) is 9.56. The van der Waals surface area contributed by atoms with Crippen molar-refractivity contribution < 1.29 is 4.39 Å². The average molecular weight is 172 g/mol. The van der Waals surface area contributed by atoms with Gasteiger partial charge in [-0.25, -0.2) is 4.39 Å². The molecule has 0 rings (SSSR count). The van der Waals surface area contributed by atoms with Gasteiger partial charge in [-0.1, -0.05) is 46.6 Å². The summed E-state index contributed by atoms with van der Waals surface area (Å²) in [7, 11) is 0. The summed E-state index contributed by atoms with van der Waals surface area (Å²) in [5, 5.41) is 0. The van der Waals surface area contributed by atoms with Crippen LogP contribution in [0.2, 0.25) is 0 Å². The van der Waals surface area contributed by atoms with E-state index < -0.39 is 0 Å². The maximum Gasteiger partial charge on any atom is 0.0961 e. The molecule has 2 atom stereocenters. The summed E-state index contributed by atoms with van der Waals surface area (Å²) in [5.74, 6) is 0.404. The van der Waals surface area contributed by atoms with Crippen molar-refractivity contribution in [2.75, 3.05) is 0 Å². The van der Waals surface area contributed by atoms with Gasteiger partial charge >= 0.3 is 0 Å². The van der Waals surface area contributed by atoms with Crippen molar-refractivity contribution in [2.45, 2.75) is 46.5 Å². The Morgan fingerprint density at radius 1 is 1.42 bits per heavy atom. The van der Waals surface area contributed by atoms with Crippen molar-refractivity contribution in [3.63, 3.8) is 0 Å². The van der Waals surface area contributed by atoms with E-state index in [0.717, 1.165) is 25.7 Å². The van der Waals surface area contributed by atoms with Crippen molar-refractivity contribution in [2.24, 2.45) is 11.8 Å². The molecule has 0 nitrogen and oxygen atoms in total. The first-order valence-electron chi connectivity index (χ1n) is 4.97. The van der Waals surface area contributed by atoms with Gasteiger partial charge in [-0.05, 0) is 12.3 Å². The first-order valence-corrected chi connectivity index (χ1v) is 4.97. The number of rotatable bonds is 6. The lowest BCUT2D eigenvalue weighted by Crippen LogP contribution is -2.11. The molecule has 1 heteroatoms. The van der Waals surface area contributed by atoms with Crippen molar-refractivity contribution in [1.29, 1.82) is 0 Å². The van der Waals surface area contributed by atoms with Gasteiger partial charge in [-0.2, -0.15) is 0 Å². The van der Waals surface area contributed by atoms with Gasteiger partial charge in [-0.3, -0.25) is 0 Å². The van der Waals surface area contributed by atoms with E-state index in [1.54, 1.807) is 0 Å². The van der Waals surface area contributed by atoms with Crippen molar-refractivity contribution in [1.82, 2.24) is 0 Å². The highest BCUT2D eigenvalue weighted by atomic mass is 19.1. The van der Waals surface area contributed by atoms with E-state index in [0.29, 0.717) is 5.92 Å². The molecule has 0 aliphatic carbocycles. The molecule has 2 unspecified atom stereocenters. The van der Waals surface area contributed by atoms with Crippen LogP contribution in [0.25, 0.3) is 0 Å². The molecule has 0 spiro atoms. The summed E-state index contributed by atoms with van der Waals surface area (Å²) in [6.45, 7) is 9.75. The molecule has 0 fully saturated rings. The number of hydrogen-bond acceptors (Lipinski definition) is 0. The van der Waals surface area contributed by atoms with Crippen LogP contribution in [0.5, 0.6) is 0 Å². The molecule has 0 aromatic heterocycles. The Hall–Kier alpha value is -0.330. The van der Waals surface area contributed by atoms with Gasteiger partial charge in [0.2, 0.25) is 0 Å². The number of unbranched alkanes of at least 4 members (excludes halogenated alkanes) is 1. The third-order valence-electron chi connectivity index (χ3n) is 2.60. The SMILES string of the molecule is C=C(F)C(CCCC)C(C)CC. The fraction of sp³-hybridized carbons (Fsp3) is 0.818. The number of hydrogen-bond donors (Lipinski definition) is 0. The third kappa shape index (κ3) is 3.89. The Labute approximate surface area is 75.9 Å². The van der Waals surface area contributed by atoms with Crippen LogP contribution in [0, 0.1) is 11.8 Å². The van der Waals surface area contributed by atoms with Gasteiger partial charge in [0.25, 0.3) is 0 Å². The number of allylic oxidation sites excluding steroid dienone is 1. The first kappa shape index (κ1) is 11.7. The highest BCUT2D eigenvalue weighted by Crippen LogP contribution is 2.27. The summed E-state index contributed by atoms with van der Waals surface area (Å²) in [6.07, 6.45) is 4.25. The van der Waals surface area contributed by atoms with Crippen LogP contribution in [0.1, 0.15) is 46.5 Å². The highest BCUT2D eigenvalue weighted by Gasteiger charge is 2.18. The minimum absolute atomic E-state index is 0.0925. The molecule has 12 heavy (non-hydrogen) atoms. The van der Waals surface area contributed by atoms with Crippen LogP contribution in [0.4, 0.5) is 4.39 Å². The Kier molecular flexibility index (Phi) is 6.04. The first-order chi connectivity index (χ1) is 5.63. The fourth-order valence-corrected chi connectivity index (χ4v) is 1.46. The van der Waals surface area contributed by atoms with E-state index in [4.69, 9.17) is 0 Å². The molecule has 0 aromatic carbocycles. The molecule has 0 aromatic rings. The molecule has 0 saturated carbocycles. The highest BCUT2D eigenvalue weighted by molar-refractivity contribution is 4.91. The summed E-state index contributed by atoms with van der Waals surface area (Å²) in [6, 6.07) is 0. The molecule has 0 saturated heterocycles. The van der Waals surface area contributed by atoms with Gasteiger partial charge in [0.1, 0.15) is 0 Å². The second-order valence-electron chi connectivity index (χ2n) is 3.58. The van der Waals surface area contributed by atoms with Crippen LogP contribution >= 0.6 is 0 Å². The molecule has 0 amide bonds. The quantitative estimate of drug-likeness (QED) is 0.559. The smallest absolute Gasteiger partial charge is 0.0961 e. The van der Waals surface area contributed by atoms with Gasteiger partial charge in [0, 0.05) is 5.92 Å². The molecular weight excluding hydrogens is 151 g/mol. The number of halogens is 1. The lowest BCUT2D eigenvalue weighted by molar-refractivity contribution is 0.315. The normalized spacial score (nSPS) is 15.7. The predicted octanol–water partition coefficient (Wildman–Crippen LogP) is 4.32. The minimum Gasteiger partial charge on any atom is -0.212 e. The van der Waals surface area contributed by atoms with Crippen LogP contribution in [0.15, 0.2) is 12.4 Å². The van der Waals surface area contributed by atoms with Crippen LogP contribution in [-0.4, -0.2) is 0 Å². The molecule has 0 aliphatic heterocycles. The van der Waals surface area contributed by atoms with E-state index in [9.17, 15) is 4.39 Å². The molecule has 0 N–H and O–H groups in total. The Morgan fingerprint density at radius 3 is 2.33 bits per heavy atom. The van der Waals surface area contributed by atoms with Gasteiger partial charge in [0.05, 0.1) is 5.83 Å². The summed E-state index contributed by atoms with van der Waals surface area (Å²) in [5.41, 5.74) is 0. The standard InChI is InChI=1S/C11H21F/c1-5-7-8-11(10(4)12)9(3)6-2/h9,11H,4-8H2,1-3H3. The average Bonchev–Trinajstić information content (AvgIpc) is 2.04. The summed E-state index contributed by atoms with van der Waals surface area (Å²) >= 11 is 0. The fourth-order valence-electron chi connectivity index (χ4n) is 1.46. The van der Waals surface area contributed by atoms with Crippen molar-refractivity contribution in [3.05, 3.63) is 12.4 Å². The Balaban J connectivity index is 3.94. The van der Waals surface area contributed by atoms with Gasteiger partial charge in [-0.15, -0.1) is 0 Å². The van der Waals surface area contributed by atoms with E-state index in [1.807, 2.05) is 0 Å². The predicted molar refractivity (Wildman–Crippen MR) is 52.7 cm³/mol. The maximum absolute atomic E-state index is 12.9. The third-order valence-corrected chi connectivity index (χ3v) is 2.60. The molecular formula is C11H21F. The van der Waals surface area contributed by atoms with E-state index in [1.165, 1.54) is 0 Å². The zero-order valence-corrected chi connectivity index (χ0v) is 8.57. The van der Waals surface area contributed by atoms with E-state index >= 15 is 0 Å². The van der Waals surface area contributed by atoms with Crippen LogP contribution < -0.4 is 0 Å². The topological polar surface area (TPSA) is 0 Å².